The molecule has 0 unspecified atom stereocenters. The Labute approximate surface area is 196 Å². The second kappa shape index (κ2) is 10.00. The Bertz CT molecular complexity index is 1150. The molecule has 0 aliphatic carbocycles. The number of carbonyl (C=O) groups is 1. The van der Waals surface area contributed by atoms with Crippen molar-refractivity contribution in [3.63, 3.8) is 0 Å². The van der Waals surface area contributed by atoms with Crippen LogP contribution >= 0.6 is 11.3 Å². The van der Waals surface area contributed by atoms with E-state index in [9.17, 15) is 22.4 Å². The Balaban J connectivity index is 1.56. The number of hydrogen-bond donors (Lipinski definition) is 1. The Kier molecular flexibility index (Phi) is 7.05. The van der Waals surface area contributed by atoms with Gasteiger partial charge in [-0.05, 0) is 30.7 Å². The van der Waals surface area contributed by atoms with Gasteiger partial charge in [0.1, 0.15) is 27.4 Å². The van der Waals surface area contributed by atoms with Gasteiger partial charge in [-0.2, -0.15) is 18.2 Å². The molecule has 3 heterocycles. The molecule has 2 aromatic heterocycles. The summed E-state index contributed by atoms with van der Waals surface area (Å²) in [6.07, 6.45) is -4.51. The lowest BCUT2D eigenvalue weighted by molar-refractivity contribution is -0.134. The topological polar surface area (TPSA) is 76.6 Å². The molecule has 0 atom stereocenters. The van der Waals surface area contributed by atoms with Gasteiger partial charge in [-0.3, -0.25) is 0 Å². The zero-order valence-corrected chi connectivity index (χ0v) is 19.0. The predicted molar refractivity (Wildman–Crippen MR) is 119 cm³/mol. The number of rotatable bonds is 6. The number of aromatic nitrogens is 2. The van der Waals surface area contributed by atoms with Crippen molar-refractivity contribution in [2.45, 2.75) is 38.6 Å². The molecule has 0 radical (unpaired) electrons. The number of fused-ring (bicyclic) bond motifs is 1. The minimum atomic E-state index is -4.50. The summed E-state index contributed by atoms with van der Waals surface area (Å²) in [5, 5.41) is 3.34. The van der Waals surface area contributed by atoms with Gasteiger partial charge in [0.15, 0.2) is 0 Å². The first kappa shape index (κ1) is 24.0. The average molecular weight is 499 g/mol. The molecule has 0 saturated carbocycles. The average Bonchev–Trinajstić information content (AvgIpc) is 3.24. The van der Waals surface area contributed by atoms with Crippen LogP contribution in [0.3, 0.4) is 0 Å². The summed E-state index contributed by atoms with van der Waals surface area (Å²) < 4.78 is 63.3. The Hall–Kier alpha value is -3.15. The zero-order valence-electron chi connectivity index (χ0n) is 18.2. The molecule has 7 nitrogen and oxygen atoms in total. The fraction of sp³-hybridized carbons (Fsp3) is 0.409. The highest BCUT2D eigenvalue weighted by molar-refractivity contribution is 7.18. The smallest absolute Gasteiger partial charge is 0.435 e. The molecule has 1 saturated heterocycles. The molecule has 182 valence electrons. The summed E-state index contributed by atoms with van der Waals surface area (Å²) in [4.78, 5) is 21.7. The lowest BCUT2D eigenvalue weighted by atomic mass is 10.1. The molecule has 0 bridgehead atoms. The number of benzene rings is 1. The quantitative estimate of drug-likeness (QED) is 0.350. The number of halogens is 4. The van der Waals surface area contributed by atoms with Crippen molar-refractivity contribution >= 4 is 39.5 Å². The maximum Gasteiger partial charge on any atom is 0.508 e. The third-order valence-corrected chi connectivity index (χ3v) is 6.36. The Morgan fingerprint density at radius 3 is 2.56 bits per heavy atom. The van der Waals surface area contributed by atoms with Crippen LogP contribution in [0.15, 0.2) is 30.3 Å². The number of thiophene rings is 1. The van der Waals surface area contributed by atoms with Crippen LogP contribution in [0.1, 0.15) is 30.2 Å². The van der Waals surface area contributed by atoms with E-state index in [2.05, 4.69) is 15.3 Å². The number of carbonyl (C=O) groups excluding carboxylic acids is 1. The lowest BCUT2D eigenvalue weighted by Gasteiger charge is -2.31. The standard InChI is InChI=1S/C22H22F4N4O3S/c1-2-32-21(31)33-15-7-9-30(10-8-15)20-28-18(27-12-13-3-5-14(23)6-4-13)16-11-17(22(24,25)26)34-19(16)29-20/h3-6,11,15H,2,7-10,12H2,1H3,(H,27,28,29). The molecule has 1 aromatic carbocycles. The third-order valence-electron chi connectivity index (χ3n) is 5.28. The molecule has 1 N–H and O–H groups in total. The molecule has 12 heteroatoms. The minimum absolute atomic E-state index is 0.212. The second-order valence-corrected chi connectivity index (χ2v) is 8.70. The predicted octanol–water partition coefficient (Wildman–Crippen LogP) is 5.60. The Morgan fingerprint density at radius 2 is 1.91 bits per heavy atom. The molecule has 0 amide bonds. The zero-order chi connectivity index (χ0) is 24.3. The molecular weight excluding hydrogens is 476 g/mol. The SMILES string of the molecule is CCOC(=O)OC1CCN(c2nc(NCc3ccc(F)cc3)c3cc(C(F)(F)F)sc3n2)CC1. The van der Waals surface area contributed by atoms with Crippen LogP contribution in [0.5, 0.6) is 0 Å². The van der Waals surface area contributed by atoms with Gasteiger partial charge in [-0.15, -0.1) is 11.3 Å². The van der Waals surface area contributed by atoms with Crippen LogP contribution in [0, 0.1) is 5.82 Å². The monoisotopic (exact) mass is 498 g/mol. The van der Waals surface area contributed by atoms with Crippen LogP contribution in [0.4, 0.5) is 34.1 Å². The molecule has 1 aliphatic heterocycles. The summed E-state index contributed by atoms with van der Waals surface area (Å²) in [7, 11) is 0. The van der Waals surface area contributed by atoms with E-state index < -0.39 is 17.2 Å². The minimum Gasteiger partial charge on any atom is -0.435 e. The van der Waals surface area contributed by atoms with Crippen LogP contribution in [-0.4, -0.2) is 41.9 Å². The van der Waals surface area contributed by atoms with Gasteiger partial charge in [0.2, 0.25) is 5.95 Å². The molecule has 1 aliphatic rings. The molecular formula is C22H22F4N4O3S. The van der Waals surface area contributed by atoms with E-state index in [0.29, 0.717) is 43.2 Å². The fourth-order valence-electron chi connectivity index (χ4n) is 3.58. The van der Waals surface area contributed by atoms with E-state index in [-0.39, 0.29) is 41.1 Å². The van der Waals surface area contributed by atoms with E-state index in [1.807, 2.05) is 4.90 Å². The van der Waals surface area contributed by atoms with E-state index in [0.717, 1.165) is 11.6 Å². The first-order valence-electron chi connectivity index (χ1n) is 10.7. The van der Waals surface area contributed by atoms with Gasteiger partial charge in [0, 0.05) is 32.5 Å². The number of alkyl halides is 3. The van der Waals surface area contributed by atoms with Crippen LogP contribution < -0.4 is 10.2 Å². The summed E-state index contributed by atoms with van der Waals surface area (Å²) in [5.74, 6) is 0.179. The summed E-state index contributed by atoms with van der Waals surface area (Å²) in [6, 6.07) is 6.84. The van der Waals surface area contributed by atoms with Crippen molar-refractivity contribution < 1.29 is 31.8 Å². The highest BCUT2D eigenvalue weighted by Gasteiger charge is 2.34. The third kappa shape index (κ3) is 5.66. The molecule has 1 fully saturated rings. The van der Waals surface area contributed by atoms with E-state index in [1.165, 1.54) is 12.1 Å². The lowest BCUT2D eigenvalue weighted by Crippen LogP contribution is -2.39. The van der Waals surface area contributed by atoms with Crippen molar-refractivity contribution in [2.75, 3.05) is 29.9 Å². The normalized spacial score (nSPS) is 14.9. The maximum absolute atomic E-state index is 13.3. The van der Waals surface area contributed by atoms with Gasteiger partial charge in [0.05, 0.1) is 12.0 Å². The molecule has 4 rings (SSSR count). The first-order valence-corrected chi connectivity index (χ1v) is 11.5. The maximum atomic E-state index is 13.3. The number of nitrogens with zero attached hydrogens (tertiary/aromatic N) is 3. The number of anilines is 2. The van der Waals surface area contributed by atoms with Gasteiger partial charge in [0.25, 0.3) is 0 Å². The second-order valence-electron chi connectivity index (χ2n) is 7.67. The molecule has 3 aromatic rings. The number of ether oxygens (including phenoxy) is 2. The van der Waals surface area contributed by atoms with Crippen molar-refractivity contribution in [3.8, 4) is 0 Å². The van der Waals surface area contributed by atoms with Crippen molar-refractivity contribution in [2.24, 2.45) is 0 Å². The van der Waals surface area contributed by atoms with Crippen LogP contribution in [-0.2, 0) is 22.2 Å². The van der Waals surface area contributed by atoms with E-state index >= 15 is 0 Å². The summed E-state index contributed by atoms with van der Waals surface area (Å²) in [5.41, 5.74) is 0.748. The van der Waals surface area contributed by atoms with Crippen molar-refractivity contribution in [3.05, 3.63) is 46.6 Å². The highest BCUT2D eigenvalue weighted by atomic mass is 32.1. The van der Waals surface area contributed by atoms with Crippen molar-refractivity contribution in [1.82, 2.24) is 9.97 Å². The van der Waals surface area contributed by atoms with E-state index in [1.54, 1.807) is 19.1 Å². The molecule has 0 spiro atoms. The van der Waals surface area contributed by atoms with Gasteiger partial charge >= 0.3 is 12.3 Å². The largest absolute Gasteiger partial charge is 0.508 e. The molecule has 34 heavy (non-hydrogen) atoms. The van der Waals surface area contributed by atoms with Crippen molar-refractivity contribution in [1.29, 1.82) is 0 Å². The number of nitrogens with one attached hydrogen (secondary N) is 1. The summed E-state index contributed by atoms with van der Waals surface area (Å²) >= 11 is 0.556. The van der Waals surface area contributed by atoms with Crippen LogP contribution in [0.25, 0.3) is 10.2 Å². The number of piperidine rings is 1. The van der Waals surface area contributed by atoms with Crippen LogP contribution in [0.2, 0.25) is 0 Å². The van der Waals surface area contributed by atoms with Gasteiger partial charge in [-0.1, -0.05) is 12.1 Å². The highest BCUT2D eigenvalue weighted by Crippen LogP contribution is 2.40. The Morgan fingerprint density at radius 1 is 1.21 bits per heavy atom. The number of hydrogen-bond acceptors (Lipinski definition) is 8. The fourth-order valence-corrected chi connectivity index (χ4v) is 4.47. The van der Waals surface area contributed by atoms with Gasteiger partial charge in [-0.25, -0.2) is 14.2 Å². The van der Waals surface area contributed by atoms with Gasteiger partial charge < -0.3 is 19.7 Å². The van der Waals surface area contributed by atoms with E-state index in [4.69, 9.17) is 9.47 Å². The summed E-state index contributed by atoms with van der Waals surface area (Å²) in [6.45, 7) is 3.08. The first-order chi connectivity index (χ1) is 16.2.